The second-order valence-electron chi connectivity index (χ2n) is 4.64. The van der Waals surface area contributed by atoms with Gasteiger partial charge >= 0.3 is 0 Å². The van der Waals surface area contributed by atoms with Crippen LogP contribution in [0, 0.1) is 0 Å². The lowest BCUT2D eigenvalue weighted by molar-refractivity contribution is -0.113. The van der Waals surface area contributed by atoms with Gasteiger partial charge in [0.05, 0.1) is 32.1 Å². The molecule has 0 aliphatic carbocycles. The summed E-state index contributed by atoms with van der Waals surface area (Å²) >= 11 is 14.9. The van der Waals surface area contributed by atoms with Crippen molar-refractivity contribution < 1.29 is 4.79 Å². The maximum Gasteiger partial charge on any atom is 0.234 e. The van der Waals surface area contributed by atoms with E-state index >= 15 is 0 Å². The first-order chi connectivity index (χ1) is 11.6. The van der Waals surface area contributed by atoms with E-state index in [4.69, 9.17) is 23.2 Å². The average molecular weight is 396 g/mol. The summed E-state index contributed by atoms with van der Waals surface area (Å²) in [5.74, 6) is -0.0600. The molecule has 122 valence electrons. The number of amides is 1. The minimum Gasteiger partial charge on any atom is -0.323 e. The molecule has 0 fully saturated rings. The number of nitrogens with one attached hydrogen (secondary N) is 1. The van der Waals surface area contributed by atoms with E-state index in [9.17, 15) is 4.79 Å². The molecule has 1 aromatic carbocycles. The SMILES string of the molecule is O=C(CSc1nccc(-c2cccs2)n1)Nc1c(Cl)cccc1Cl. The van der Waals surface area contributed by atoms with Gasteiger partial charge in [-0.1, -0.05) is 47.1 Å². The number of hydrogen-bond acceptors (Lipinski definition) is 5. The van der Waals surface area contributed by atoms with Crippen LogP contribution in [0.25, 0.3) is 10.6 Å². The lowest BCUT2D eigenvalue weighted by atomic mass is 10.3. The van der Waals surface area contributed by atoms with E-state index in [2.05, 4.69) is 15.3 Å². The van der Waals surface area contributed by atoms with Crippen LogP contribution < -0.4 is 5.32 Å². The minimum absolute atomic E-state index is 0.162. The molecule has 1 N–H and O–H groups in total. The molecule has 3 aromatic rings. The lowest BCUT2D eigenvalue weighted by Gasteiger charge is -2.08. The first-order valence-electron chi connectivity index (χ1n) is 6.87. The highest BCUT2D eigenvalue weighted by molar-refractivity contribution is 7.99. The second kappa shape index (κ2) is 7.98. The number of carbonyl (C=O) groups is 1. The number of anilines is 1. The monoisotopic (exact) mass is 395 g/mol. The van der Waals surface area contributed by atoms with Crippen LogP contribution in [0.15, 0.2) is 53.1 Å². The Morgan fingerprint density at radius 2 is 1.96 bits per heavy atom. The number of halogens is 2. The smallest absolute Gasteiger partial charge is 0.234 e. The van der Waals surface area contributed by atoms with Crippen LogP contribution in [0.1, 0.15) is 0 Å². The van der Waals surface area contributed by atoms with Crippen molar-refractivity contribution in [1.82, 2.24) is 9.97 Å². The number of benzene rings is 1. The molecule has 0 atom stereocenters. The van der Waals surface area contributed by atoms with Crippen molar-refractivity contribution in [3.63, 3.8) is 0 Å². The second-order valence-corrected chi connectivity index (χ2v) is 7.34. The molecular weight excluding hydrogens is 385 g/mol. The molecule has 8 heteroatoms. The zero-order valence-electron chi connectivity index (χ0n) is 12.2. The van der Waals surface area contributed by atoms with Crippen molar-refractivity contribution in [1.29, 1.82) is 0 Å². The van der Waals surface area contributed by atoms with Gasteiger partial charge in [0.15, 0.2) is 5.16 Å². The van der Waals surface area contributed by atoms with E-state index in [-0.39, 0.29) is 11.7 Å². The summed E-state index contributed by atoms with van der Waals surface area (Å²) in [4.78, 5) is 21.8. The van der Waals surface area contributed by atoms with Crippen molar-refractivity contribution in [2.24, 2.45) is 0 Å². The Labute approximate surface area is 157 Å². The molecule has 0 unspecified atom stereocenters. The number of para-hydroxylation sites is 1. The predicted octanol–water partition coefficient (Wildman–Crippen LogP) is 5.24. The third-order valence-electron chi connectivity index (χ3n) is 2.97. The molecule has 2 heterocycles. The summed E-state index contributed by atoms with van der Waals surface area (Å²) in [5.41, 5.74) is 1.26. The Hall–Kier alpha value is -1.60. The van der Waals surface area contributed by atoms with E-state index in [1.807, 2.05) is 23.6 Å². The molecule has 24 heavy (non-hydrogen) atoms. The standard InChI is InChI=1S/C16H11Cl2N3OS2/c17-10-3-1-4-11(18)15(10)21-14(22)9-24-16-19-7-6-12(20-16)13-5-2-8-23-13/h1-8H,9H2,(H,21,22). The molecule has 3 rings (SSSR count). The lowest BCUT2D eigenvalue weighted by Crippen LogP contribution is -2.15. The molecule has 0 aliphatic rings. The fraction of sp³-hybridized carbons (Fsp3) is 0.0625. The molecule has 0 saturated carbocycles. The summed E-state index contributed by atoms with van der Waals surface area (Å²) in [7, 11) is 0. The van der Waals surface area contributed by atoms with Crippen LogP contribution in [0.4, 0.5) is 5.69 Å². The Kier molecular flexibility index (Phi) is 5.73. The topological polar surface area (TPSA) is 54.9 Å². The quantitative estimate of drug-likeness (QED) is 0.473. The number of hydrogen-bond donors (Lipinski definition) is 1. The van der Waals surface area contributed by atoms with Gasteiger partial charge < -0.3 is 5.32 Å². The fourth-order valence-electron chi connectivity index (χ4n) is 1.89. The zero-order valence-corrected chi connectivity index (χ0v) is 15.3. The summed E-state index contributed by atoms with van der Waals surface area (Å²) in [5, 5.41) is 6.05. The number of aromatic nitrogens is 2. The Balaban J connectivity index is 1.64. The Morgan fingerprint density at radius 1 is 1.17 bits per heavy atom. The maximum absolute atomic E-state index is 12.1. The highest BCUT2D eigenvalue weighted by atomic mass is 35.5. The zero-order chi connectivity index (χ0) is 16.9. The van der Waals surface area contributed by atoms with Gasteiger partial charge in [-0.05, 0) is 29.6 Å². The molecule has 1 amide bonds. The van der Waals surface area contributed by atoms with Crippen LogP contribution >= 0.6 is 46.3 Å². The summed E-state index contributed by atoms with van der Waals surface area (Å²) in [6.45, 7) is 0. The van der Waals surface area contributed by atoms with E-state index in [0.717, 1.165) is 10.6 Å². The van der Waals surface area contributed by atoms with Crippen LogP contribution in [0.3, 0.4) is 0 Å². The van der Waals surface area contributed by atoms with Gasteiger partial charge in [0.2, 0.25) is 5.91 Å². The minimum atomic E-state index is -0.222. The molecule has 0 radical (unpaired) electrons. The van der Waals surface area contributed by atoms with Crippen LogP contribution in [0.2, 0.25) is 10.0 Å². The van der Waals surface area contributed by atoms with Gasteiger partial charge in [-0.2, -0.15) is 0 Å². The van der Waals surface area contributed by atoms with Crippen molar-refractivity contribution in [2.75, 3.05) is 11.1 Å². The number of carbonyl (C=O) groups excluding carboxylic acids is 1. The fourth-order valence-corrected chi connectivity index (χ4v) is 3.71. The summed E-state index contributed by atoms with van der Waals surface area (Å²) in [6, 6.07) is 10.9. The molecule has 0 saturated heterocycles. The Morgan fingerprint density at radius 3 is 2.67 bits per heavy atom. The van der Waals surface area contributed by atoms with E-state index in [0.29, 0.717) is 20.9 Å². The van der Waals surface area contributed by atoms with Gasteiger partial charge in [-0.3, -0.25) is 4.79 Å². The van der Waals surface area contributed by atoms with Gasteiger partial charge in [-0.25, -0.2) is 9.97 Å². The number of rotatable bonds is 5. The van der Waals surface area contributed by atoms with Crippen molar-refractivity contribution in [2.45, 2.75) is 5.16 Å². The van der Waals surface area contributed by atoms with E-state index in [1.54, 1.807) is 35.7 Å². The van der Waals surface area contributed by atoms with Gasteiger partial charge in [0.25, 0.3) is 0 Å². The van der Waals surface area contributed by atoms with Crippen molar-refractivity contribution in [3.05, 3.63) is 58.0 Å². The number of nitrogens with zero attached hydrogens (tertiary/aromatic N) is 2. The Bertz CT molecular complexity index is 836. The van der Waals surface area contributed by atoms with Crippen LogP contribution in [-0.2, 0) is 4.79 Å². The van der Waals surface area contributed by atoms with Crippen LogP contribution in [0.5, 0.6) is 0 Å². The normalized spacial score (nSPS) is 10.6. The first-order valence-corrected chi connectivity index (χ1v) is 9.49. The maximum atomic E-state index is 12.1. The summed E-state index contributed by atoms with van der Waals surface area (Å²) < 4.78 is 0. The van der Waals surface area contributed by atoms with Crippen molar-refractivity contribution >= 4 is 57.9 Å². The van der Waals surface area contributed by atoms with Crippen LogP contribution in [-0.4, -0.2) is 21.6 Å². The van der Waals surface area contributed by atoms with Gasteiger partial charge in [0, 0.05) is 6.20 Å². The average Bonchev–Trinajstić information content (AvgIpc) is 3.11. The van der Waals surface area contributed by atoms with Gasteiger partial charge in [-0.15, -0.1) is 11.3 Å². The molecule has 0 aliphatic heterocycles. The first kappa shape index (κ1) is 17.2. The molecule has 4 nitrogen and oxygen atoms in total. The molecular formula is C16H11Cl2N3OS2. The number of thioether (sulfide) groups is 1. The molecule has 2 aromatic heterocycles. The number of thiophene rings is 1. The third kappa shape index (κ3) is 4.27. The third-order valence-corrected chi connectivity index (χ3v) is 5.35. The summed E-state index contributed by atoms with van der Waals surface area (Å²) in [6.07, 6.45) is 1.69. The van der Waals surface area contributed by atoms with Gasteiger partial charge in [0.1, 0.15) is 0 Å². The van der Waals surface area contributed by atoms with Crippen molar-refractivity contribution in [3.8, 4) is 10.6 Å². The predicted molar refractivity (Wildman–Crippen MR) is 101 cm³/mol. The molecule has 0 bridgehead atoms. The van der Waals surface area contributed by atoms with E-state index in [1.165, 1.54) is 11.8 Å². The largest absolute Gasteiger partial charge is 0.323 e. The highest BCUT2D eigenvalue weighted by Crippen LogP contribution is 2.30. The molecule has 0 spiro atoms. The van der Waals surface area contributed by atoms with E-state index < -0.39 is 0 Å². The highest BCUT2D eigenvalue weighted by Gasteiger charge is 2.11.